The zero-order valence-corrected chi connectivity index (χ0v) is 20.6. The molecule has 5 amide bonds. The number of benzene rings is 2. The van der Waals surface area contributed by atoms with Crippen LogP contribution in [0.3, 0.4) is 0 Å². The fraction of sp³-hybridized carbons (Fsp3) is 0.385. The van der Waals surface area contributed by atoms with E-state index in [2.05, 4.69) is 10.6 Å². The highest BCUT2D eigenvalue weighted by Gasteiger charge is 2.59. The topological polar surface area (TPSA) is 108 Å². The van der Waals surface area contributed by atoms with Crippen LogP contribution in [0.5, 0.6) is 0 Å². The number of nitrogens with zero attached hydrogens (tertiary/aromatic N) is 2. The molecule has 3 atom stereocenters. The zero-order chi connectivity index (χ0) is 27.4. The molecule has 2 fully saturated rings. The second-order valence-corrected chi connectivity index (χ2v) is 9.66. The first-order chi connectivity index (χ1) is 18.1. The van der Waals surface area contributed by atoms with Gasteiger partial charge in [0.1, 0.15) is 12.4 Å². The van der Waals surface area contributed by atoms with Crippen LogP contribution < -0.4 is 10.6 Å². The highest BCUT2D eigenvalue weighted by molar-refractivity contribution is 6.06. The smallest absolute Gasteiger partial charge is 0.418 e. The Kier molecular flexibility index (Phi) is 6.28. The number of likely N-dealkylation sites (tertiary alicyclic amines) is 1. The minimum absolute atomic E-state index is 0.0183. The van der Waals surface area contributed by atoms with E-state index in [9.17, 15) is 28.0 Å². The van der Waals surface area contributed by atoms with Crippen LogP contribution in [0.2, 0.25) is 0 Å². The number of halogens is 3. The lowest BCUT2D eigenvalue weighted by atomic mass is 9.94. The van der Waals surface area contributed by atoms with Gasteiger partial charge in [0.15, 0.2) is 11.6 Å². The Morgan fingerprint density at radius 2 is 1.87 bits per heavy atom. The highest BCUT2D eigenvalue weighted by Crippen LogP contribution is 2.47. The van der Waals surface area contributed by atoms with Crippen LogP contribution in [-0.4, -0.2) is 53.4 Å². The molecule has 0 radical (unpaired) electrons. The summed E-state index contributed by atoms with van der Waals surface area (Å²) in [5.74, 6) is -4.10. The van der Waals surface area contributed by atoms with Crippen molar-refractivity contribution in [3.05, 3.63) is 64.5 Å². The minimum Gasteiger partial charge on any atom is -0.427 e. The largest absolute Gasteiger partial charge is 0.427 e. The van der Waals surface area contributed by atoms with Gasteiger partial charge < -0.3 is 20.3 Å². The van der Waals surface area contributed by atoms with Crippen LogP contribution in [0.4, 0.5) is 28.4 Å². The molecule has 2 aromatic carbocycles. The first-order valence-corrected chi connectivity index (χ1v) is 12.2. The SMILES string of the molecule is CNC(=O)Nc1ccc2c(c1F)CC[C@]21OC(=O)N(CC(=O)N2[C@@H](C)CC[C@H]2c2ccc(F)c(F)c2)C1=O. The predicted molar refractivity (Wildman–Crippen MR) is 127 cm³/mol. The summed E-state index contributed by atoms with van der Waals surface area (Å²) in [6.45, 7) is 1.18. The Labute approximate surface area is 215 Å². The average Bonchev–Trinajstić information content (AvgIpc) is 3.53. The van der Waals surface area contributed by atoms with Crippen LogP contribution in [-0.2, 0) is 26.3 Å². The molecule has 9 nitrogen and oxygen atoms in total. The van der Waals surface area contributed by atoms with Gasteiger partial charge in [-0.25, -0.2) is 27.7 Å². The van der Waals surface area contributed by atoms with Gasteiger partial charge in [-0.05, 0) is 55.5 Å². The summed E-state index contributed by atoms with van der Waals surface area (Å²) in [5.41, 5.74) is -1.14. The number of nitrogens with one attached hydrogen (secondary N) is 2. The zero-order valence-electron chi connectivity index (χ0n) is 20.6. The highest BCUT2D eigenvalue weighted by atomic mass is 19.2. The van der Waals surface area contributed by atoms with Gasteiger partial charge in [0.2, 0.25) is 11.5 Å². The van der Waals surface area contributed by atoms with Crippen molar-refractivity contribution >= 4 is 29.6 Å². The van der Waals surface area contributed by atoms with Crippen LogP contribution in [0.15, 0.2) is 30.3 Å². The van der Waals surface area contributed by atoms with Crippen LogP contribution >= 0.6 is 0 Å². The first kappa shape index (κ1) is 25.6. The summed E-state index contributed by atoms with van der Waals surface area (Å²) in [4.78, 5) is 53.5. The Balaban J connectivity index is 1.38. The fourth-order valence-corrected chi connectivity index (χ4v) is 5.64. The first-order valence-electron chi connectivity index (χ1n) is 12.2. The van der Waals surface area contributed by atoms with Crippen molar-refractivity contribution in [2.24, 2.45) is 0 Å². The number of rotatable bonds is 4. The Morgan fingerprint density at radius 1 is 1.11 bits per heavy atom. The van der Waals surface area contributed by atoms with E-state index < -0.39 is 59.6 Å². The van der Waals surface area contributed by atoms with Gasteiger partial charge in [-0.15, -0.1) is 0 Å². The standard InChI is InChI=1S/C26H25F3N4O5/c1-13-3-8-20(14-4-6-17(27)18(28)11-14)33(13)21(34)12-32-23(35)26(38-25(32)37)10-9-15-16(26)5-7-19(22(15)29)31-24(36)30-2/h4-7,11,13,20H,3,8-10,12H2,1-2H3,(H2,30,31,36)/t13-,20-,26-/m0/s1. The number of urea groups is 1. The van der Waals surface area contributed by atoms with E-state index in [0.717, 1.165) is 12.1 Å². The van der Waals surface area contributed by atoms with Gasteiger partial charge in [0, 0.05) is 25.1 Å². The molecule has 2 aromatic rings. The quantitative estimate of drug-likeness (QED) is 0.627. The lowest BCUT2D eigenvalue weighted by Crippen LogP contribution is -2.46. The lowest BCUT2D eigenvalue weighted by Gasteiger charge is -2.30. The number of fused-ring (bicyclic) bond motifs is 2. The van der Waals surface area contributed by atoms with Crippen molar-refractivity contribution in [2.75, 3.05) is 18.9 Å². The molecule has 38 heavy (non-hydrogen) atoms. The number of hydrogen-bond donors (Lipinski definition) is 2. The summed E-state index contributed by atoms with van der Waals surface area (Å²) in [7, 11) is 1.38. The van der Waals surface area contributed by atoms with Crippen molar-refractivity contribution in [1.82, 2.24) is 15.1 Å². The number of carbonyl (C=O) groups excluding carboxylic acids is 4. The molecule has 1 spiro atoms. The van der Waals surface area contributed by atoms with Crippen molar-refractivity contribution in [2.45, 2.75) is 50.3 Å². The number of amides is 5. The predicted octanol–water partition coefficient (Wildman–Crippen LogP) is 3.73. The molecular formula is C26H25F3N4O5. The van der Waals surface area contributed by atoms with Crippen molar-refractivity contribution in [3.63, 3.8) is 0 Å². The molecule has 2 N–H and O–H groups in total. The van der Waals surface area contributed by atoms with Crippen molar-refractivity contribution < 1.29 is 37.1 Å². The monoisotopic (exact) mass is 530 g/mol. The second-order valence-electron chi connectivity index (χ2n) is 9.66. The Hall–Kier alpha value is -4.09. The van der Waals surface area contributed by atoms with E-state index in [0.29, 0.717) is 23.3 Å². The van der Waals surface area contributed by atoms with E-state index in [1.54, 1.807) is 6.92 Å². The Bertz CT molecular complexity index is 1370. The second kappa shape index (κ2) is 9.34. The summed E-state index contributed by atoms with van der Waals surface area (Å²) in [5, 5.41) is 4.68. The third-order valence-corrected chi connectivity index (χ3v) is 7.53. The van der Waals surface area contributed by atoms with E-state index in [1.807, 2.05) is 0 Å². The van der Waals surface area contributed by atoms with Gasteiger partial charge >= 0.3 is 12.1 Å². The fourth-order valence-electron chi connectivity index (χ4n) is 5.64. The number of hydrogen-bond acceptors (Lipinski definition) is 5. The van der Waals surface area contributed by atoms with Crippen LogP contribution in [0, 0.1) is 17.5 Å². The molecule has 0 unspecified atom stereocenters. The maximum atomic E-state index is 15.1. The van der Waals surface area contributed by atoms with E-state index in [-0.39, 0.29) is 35.7 Å². The van der Waals surface area contributed by atoms with Gasteiger partial charge in [-0.1, -0.05) is 12.1 Å². The summed E-state index contributed by atoms with van der Waals surface area (Å²) < 4.78 is 47.9. The van der Waals surface area contributed by atoms with Gasteiger partial charge in [0.05, 0.1) is 11.7 Å². The number of imide groups is 1. The molecule has 3 aliphatic rings. The summed E-state index contributed by atoms with van der Waals surface area (Å²) >= 11 is 0. The van der Waals surface area contributed by atoms with Gasteiger partial charge in [-0.3, -0.25) is 9.59 Å². The molecule has 0 aromatic heterocycles. The maximum absolute atomic E-state index is 15.1. The molecule has 2 saturated heterocycles. The normalized spacial score (nSPS) is 24.1. The van der Waals surface area contributed by atoms with Crippen molar-refractivity contribution in [1.29, 1.82) is 0 Å². The molecule has 2 heterocycles. The average molecular weight is 531 g/mol. The number of carbonyl (C=O) groups is 4. The van der Waals surface area contributed by atoms with Crippen molar-refractivity contribution in [3.8, 4) is 0 Å². The summed E-state index contributed by atoms with van der Waals surface area (Å²) in [6.07, 6.45) is 0.124. The minimum atomic E-state index is -1.77. The molecule has 12 heteroatoms. The van der Waals surface area contributed by atoms with Gasteiger partial charge in [-0.2, -0.15) is 0 Å². The molecule has 5 rings (SSSR count). The molecule has 0 saturated carbocycles. The van der Waals surface area contributed by atoms with Gasteiger partial charge in [0.25, 0.3) is 5.91 Å². The van der Waals surface area contributed by atoms with E-state index in [1.165, 1.54) is 30.1 Å². The Morgan fingerprint density at radius 3 is 2.58 bits per heavy atom. The molecule has 2 aliphatic heterocycles. The molecule has 0 bridgehead atoms. The maximum Gasteiger partial charge on any atom is 0.418 e. The molecule has 200 valence electrons. The number of ether oxygens (including phenoxy) is 1. The summed E-state index contributed by atoms with van der Waals surface area (Å²) in [6, 6.07) is 4.70. The van der Waals surface area contributed by atoms with E-state index >= 15 is 4.39 Å². The van der Waals surface area contributed by atoms with Crippen LogP contribution in [0.25, 0.3) is 0 Å². The third-order valence-electron chi connectivity index (χ3n) is 7.53. The number of anilines is 1. The third kappa shape index (κ3) is 3.95. The van der Waals surface area contributed by atoms with E-state index in [4.69, 9.17) is 4.74 Å². The lowest BCUT2D eigenvalue weighted by molar-refractivity contribution is -0.143. The molecule has 1 aliphatic carbocycles. The molecular weight excluding hydrogens is 505 g/mol. The van der Waals surface area contributed by atoms with Crippen LogP contribution in [0.1, 0.15) is 48.9 Å².